The highest BCUT2D eigenvalue weighted by atomic mass is 32.2. The molecule has 1 N–H and O–H groups in total. The zero-order valence-corrected chi connectivity index (χ0v) is 16.0. The number of hydrogen-bond acceptors (Lipinski definition) is 5. The van der Waals surface area contributed by atoms with Gasteiger partial charge in [-0.05, 0) is 51.2 Å². The molecule has 0 amide bonds. The van der Waals surface area contributed by atoms with Crippen molar-refractivity contribution in [1.29, 1.82) is 0 Å². The molecule has 1 saturated carbocycles. The molecule has 3 heterocycles. The van der Waals surface area contributed by atoms with Gasteiger partial charge in [0.25, 0.3) is 10.0 Å². The molecule has 0 aromatic carbocycles. The van der Waals surface area contributed by atoms with Crippen LogP contribution in [0, 0.1) is 12.8 Å². The number of hydrogen-bond donors (Lipinski definition) is 1. The van der Waals surface area contributed by atoms with Crippen LogP contribution in [-0.2, 0) is 29.7 Å². The van der Waals surface area contributed by atoms with Gasteiger partial charge in [0.1, 0.15) is 6.10 Å². The highest BCUT2D eigenvalue weighted by Crippen LogP contribution is 2.40. The lowest BCUT2D eigenvalue weighted by atomic mass is 10.1. The van der Waals surface area contributed by atoms with E-state index in [4.69, 9.17) is 0 Å². The predicted molar refractivity (Wildman–Crippen MR) is 94.8 cm³/mol. The van der Waals surface area contributed by atoms with E-state index in [-0.39, 0.29) is 11.6 Å². The van der Waals surface area contributed by atoms with Gasteiger partial charge in [0.05, 0.1) is 23.6 Å². The highest BCUT2D eigenvalue weighted by molar-refractivity contribution is 7.89. The summed E-state index contributed by atoms with van der Waals surface area (Å²) in [5.41, 5.74) is 2.19. The number of aryl methyl sites for hydroxylation is 3. The Bertz CT molecular complexity index is 913. The Morgan fingerprint density at radius 3 is 2.73 bits per heavy atom. The van der Waals surface area contributed by atoms with Crippen LogP contribution in [0.15, 0.2) is 17.2 Å². The smallest absolute Gasteiger partial charge is 0.260 e. The lowest BCUT2D eigenvalue weighted by Crippen LogP contribution is -2.32. The molecule has 0 unspecified atom stereocenters. The van der Waals surface area contributed by atoms with E-state index in [1.54, 1.807) is 13.0 Å². The van der Waals surface area contributed by atoms with Gasteiger partial charge in [-0.25, -0.2) is 8.42 Å². The van der Waals surface area contributed by atoms with Crippen molar-refractivity contribution < 1.29 is 13.5 Å². The van der Waals surface area contributed by atoms with Crippen molar-refractivity contribution in [1.82, 2.24) is 23.9 Å². The maximum atomic E-state index is 13.2. The highest BCUT2D eigenvalue weighted by Gasteiger charge is 2.35. The summed E-state index contributed by atoms with van der Waals surface area (Å²) in [5, 5.41) is 19.4. The van der Waals surface area contributed by atoms with E-state index in [1.165, 1.54) is 8.99 Å². The first-order chi connectivity index (χ1) is 12.4. The lowest BCUT2D eigenvalue weighted by molar-refractivity contribution is 0.148. The van der Waals surface area contributed by atoms with E-state index < -0.39 is 16.1 Å². The van der Waals surface area contributed by atoms with E-state index in [9.17, 15) is 13.5 Å². The summed E-state index contributed by atoms with van der Waals surface area (Å²) < 4.78 is 31.3. The molecule has 1 aliphatic carbocycles. The van der Waals surface area contributed by atoms with Gasteiger partial charge in [-0.2, -0.15) is 14.5 Å². The Kier molecular flexibility index (Phi) is 4.40. The number of sulfonamides is 1. The third-order valence-electron chi connectivity index (χ3n) is 5.14. The minimum absolute atomic E-state index is 0.240. The summed E-state index contributed by atoms with van der Waals surface area (Å²) in [6.45, 7) is 5.56. The van der Waals surface area contributed by atoms with Gasteiger partial charge in [-0.15, -0.1) is 0 Å². The van der Waals surface area contributed by atoms with Crippen LogP contribution < -0.4 is 0 Å². The number of aliphatic hydroxyl groups is 1. The molecule has 1 atom stereocenters. The SMILES string of the molecule is CCn1nc(C)cc1S(=O)(=O)N1CCCn2nc([C@@H](O)C3CC3)cc2C1. The van der Waals surface area contributed by atoms with Crippen molar-refractivity contribution in [3.05, 3.63) is 29.2 Å². The predicted octanol–water partition coefficient (Wildman–Crippen LogP) is 1.45. The van der Waals surface area contributed by atoms with Crippen molar-refractivity contribution in [2.75, 3.05) is 6.54 Å². The second-order valence-electron chi connectivity index (χ2n) is 7.20. The minimum Gasteiger partial charge on any atom is -0.386 e. The lowest BCUT2D eigenvalue weighted by Gasteiger charge is -2.19. The molecule has 4 rings (SSSR count). The molecular formula is C17H25N5O3S. The van der Waals surface area contributed by atoms with Crippen molar-refractivity contribution in [3.63, 3.8) is 0 Å². The van der Waals surface area contributed by atoms with Gasteiger partial charge in [0.15, 0.2) is 5.03 Å². The molecule has 2 aliphatic rings. The van der Waals surface area contributed by atoms with Crippen LogP contribution in [0.2, 0.25) is 0 Å². The Hall–Kier alpha value is -1.71. The zero-order chi connectivity index (χ0) is 18.5. The van der Waals surface area contributed by atoms with E-state index in [2.05, 4.69) is 10.2 Å². The molecule has 1 fully saturated rings. The molecule has 2 aromatic rings. The number of nitrogens with zero attached hydrogens (tertiary/aromatic N) is 5. The van der Waals surface area contributed by atoms with Crippen LogP contribution in [0.1, 0.15) is 49.4 Å². The summed E-state index contributed by atoms with van der Waals surface area (Å²) in [6.07, 6.45) is 2.21. The molecule has 2 aromatic heterocycles. The van der Waals surface area contributed by atoms with Crippen LogP contribution in [0.4, 0.5) is 0 Å². The molecule has 0 bridgehead atoms. The van der Waals surface area contributed by atoms with Crippen molar-refractivity contribution in [2.24, 2.45) is 5.92 Å². The molecule has 8 nitrogen and oxygen atoms in total. The third kappa shape index (κ3) is 3.08. The molecule has 0 spiro atoms. The van der Waals surface area contributed by atoms with Crippen LogP contribution >= 0.6 is 0 Å². The molecule has 26 heavy (non-hydrogen) atoms. The normalized spacial score (nSPS) is 20.0. The summed E-state index contributed by atoms with van der Waals surface area (Å²) in [4.78, 5) is 0. The van der Waals surface area contributed by atoms with Gasteiger partial charge in [-0.3, -0.25) is 9.36 Å². The second-order valence-corrected chi connectivity index (χ2v) is 9.08. The fraction of sp³-hybridized carbons (Fsp3) is 0.647. The summed E-state index contributed by atoms with van der Waals surface area (Å²) in [6, 6.07) is 3.49. The first-order valence-electron chi connectivity index (χ1n) is 9.19. The van der Waals surface area contributed by atoms with E-state index >= 15 is 0 Å². The molecule has 9 heteroatoms. The average Bonchev–Trinajstić information content (AvgIpc) is 3.32. The molecule has 142 valence electrons. The molecular weight excluding hydrogens is 354 g/mol. The van der Waals surface area contributed by atoms with Gasteiger partial charge in [-0.1, -0.05) is 0 Å². The maximum absolute atomic E-state index is 13.2. The third-order valence-corrected chi connectivity index (χ3v) is 6.99. The Balaban J connectivity index is 1.63. The topological polar surface area (TPSA) is 93.3 Å². The second kappa shape index (κ2) is 6.47. The number of aromatic nitrogens is 4. The van der Waals surface area contributed by atoms with E-state index in [1.807, 2.05) is 17.7 Å². The van der Waals surface area contributed by atoms with Crippen molar-refractivity contribution >= 4 is 10.0 Å². The van der Waals surface area contributed by atoms with Gasteiger partial charge >= 0.3 is 0 Å². The van der Waals surface area contributed by atoms with Crippen molar-refractivity contribution in [3.8, 4) is 0 Å². The Morgan fingerprint density at radius 1 is 1.27 bits per heavy atom. The monoisotopic (exact) mass is 379 g/mol. The average molecular weight is 379 g/mol. The zero-order valence-electron chi connectivity index (χ0n) is 15.2. The maximum Gasteiger partial charge on any atom is 0.260 e. The largest absolute Gasteiger partial charge is 0.386 e. The van der Waals surface area contributed by atoms with Gasteiger partial charge < -0.3 is 5.11 Å². The van der Waals surface area contributed by atoms with E-state index in [0.717, 1.165) is 18.5 Å². The summed E-state index contributed by atoms with van der Waals surface area (Å²) >= 11 is 0. The molecule has 0 saturated heterocycles. The molecule has 1 aliphatic heterocycles. The quantitative estimate of drug-likeness (QED) is 0.849. The summed E-state index contributed by atoms with van der Waals surface area (Å²) in [5.74, 6) is 0.302. The van der Waals surface area contributed by atoms with E-state index in [0.29, 0.717) is 43.4 Å². The number of rotatable bonds is 5. The van der Waals surface area contributed by atoms with Crippen molar-refractivity contribution in [2.45, 2.75) is 63.9 Å². The van der Waals surface area contributed by atoms with Crippen LogP contribution in [-0.4, -0.2) is 43.9 Å². The van der Waals surface area contributed by atoms with Crippen LogP contribution in [0.3, 0.4) is 0 Å². The number of fused-ring (bicyclic) bond motifs is 1. The fourth-order valence-electron chi connectivity index (χ4n) is 3.55. The molecule has 0 radical (unpaired) electrons. The first kappa shape index (κ1) is 17.7. The first-order valence-corrected chi connectivity index (χ1v) is 10.6. The fourth-order valence-corrected chi connectivity index (χ4v) is 5.24. The summed E-state index contributed by atoms with van der Waals surface area (Å²) in [7, 11) is -3.63. The van der Waals surface area contributed by atoms with Gasteiger partial charge in [0, 0.05) is 19.6 Å². The number of aliphatic hydroxyl groups excluding tert-OH is 1. The van der Waals surface area contributed by atoms with Crippen LogP contribution in [0.25, 0.3) is 0 Å². The van der Waals surface area contributed by atoms with Gasteiger partial charge in [0.2, 0.25) is 0 Å². The minimum atomic E-state index is -3.63. The Morgan fingerprint density at radius 2 is 2.04 bits per heavy atom. The van der Waals surface area contributed by atoms with Crippen LogP contribution in [0.5, 0.6) is 0 Å². The standard InChI is InChI=1S/C17H25N5O3S/c1-3-21-16(9-12(2)18-21)26(24,25)20-7-4-8-22-14(11-20)10-15(19-22)17(23)13-5-6-13/h9-10,13,17,23H,3-8,11H2,1-2H3/t17-/m0/s1. The Labute approximate surface area is 153 Å².